The summed E-state index contributed by atoms with van der Waals surface area (Å²) in [4.78, 5) is 6.61. The Morgan fingerprint density at radius 1 is 1.20 bits per heavy atom. The molecule has 0 radical (unpaired) electrons. The Hall–Kier alpha value is -0.710. The molecule has 6 heteroatoms. The van der Waals surface area contributed by atoms with Crippen molar-refractivity contribution >= 4 is 29.0 Å². The van der Waals surface area contributed by atoms with Crippen LogP contribution in [0.3, 0.4) is 0 Å². The Balaban J connectivity index is 2.66. The summed E-state index contributed by atoms with van der Waals surface area (Å²) >= 11 is 12.1. The predicted molar refractivity (Wildman–Crippen MR) is 86.3 cm³/mol. The van der Waals surface area contributed by atoms with Crippen LogP contribution in [0.25, 0.3) is 0 Å². The molecule has 4 nitrogen and oxygen atoms in total. The zero-order chi connectivity index (χ0) is 15.3. The van der Waals surface area contributed by atoms with Gasteiger partial charge in [0.1, 0.15) is 17.4 Å². The van der Waals surface area contributed by atoms with E-state index in [9.17, 15) is 0 Å². The molecule has 1 aromatic heterocycles. The quantitative estimate of drug-likeness (QED) is 0.826. The lowest BCUT2D eigenvalue weighted by molar-refractivity contribution is 0.140. The lowest BCUT2D eigenvalue weighted by atomic mass is 10.2. The van der Waals surface area contributed by atoms with Crippen LogP contribution in [0, 0.1) is 0 Å². The highest BCUT2D eigenvalue weighted by atomic mass is 35.5. The first-order valence-corrected chi connectivity index (χ1v) is 7.54. The molecule has 0 saturated carbocycles. The number of nitrogens with zero attached hydrogens (tertiary/aromatic N) is 2. The molecule has 0 aliphatic rings. The van der Waals surface area contributed by atoms with Crippen LogP contribution in [0.2, 0.25) is 10.0 Å². The summed E-state index contributed by atoms with van der Waals surface area (Å²) in [5.41, 5.74) is 0. The minimum atomic E-state index is 0.410. The molecule has 0 spiro atoms. The van der Waals surface area contributed by atoms with Crippen molar-refractivity contribution in [2.45, 2.75) is 39.8 Å². The van der Waals surface area contributed by atoms with Gasteiger partial charge in [-0.25, -0.2) is 0 Å². The van der Waals surface area contributed by atoms with E-state index in [4.69, 9.17) is 27.9 Å². The maximum Gasteiger partial charge on any atom is 0.234 e. The van der Waals surface area contributed by atoms with Crippen molar-refractivity contribution in [1.82, 2.24) is 9.88 Å². The number of ether oxygens (including phenoxy) is 1. The van der Waals surface area contributed by atoms with Crippen molar-refractivity contribution < 1.29 is 4.74 Å². The van der Waals surface area contributed by atoms with Gasteiger partial charge in [0.2, 0.25) is 5.88 Å². The lowest BCUT2D eigenvalue weighted by Crippen LogP contribution is -2.39. The monoisotopic (exact) mass is 319 g/mol. The summed E-state index contributed by atoms with van der Waals surface area (Å²) in [6, 6.07) is 2.58. The van der Waals surface area contributed by atoms with E-state index < -0.39 is 0 Å². The van der Waals surface area contributed by atoms with Gasteiger partial charge in [-0.05, 0) is 33.8 Å². The van der Waals surface area contributed by atoms with Gasteiger partial charge < -0.3 is 10.1 Å². The fourth-order valence-corrected chi connectivity index (χ4v) is 2.59. The number of hydrogen-bond acceptors (Lipinski definition) is 4. The summed E-state index contributed by atoms with van der Waals surface area (Å²) in [5.74, 6) is 0.975. The standard InChI is InChI=1S/C14H23Cl2N3O/c1-9(2)19(10(3)4)6-7-20-14-12(16)8-11(15)13(17-5)18-14/h8-10H,6-7H2,1-5H3,(H,17,18). The SMILES string of the molecule is CNc1nc(OCCN(C(C)C)C(C)C)c(Cl)cc1Cl. The van der Waals surface area contributed by atoms with Crippen LogP contribution in [0.15, 0.2) is 6.07 Å². The molecule has 1 rings (SSSR count). The first-order chi connectivity index (χ1) is 9.36. The second-order valence-corrected chi connectivity index (χ2v) is 5.94. The molecule has 0 saturated heterocycles. The van der Waals surface area contributed by atoms with E-state index in [1.54, 1.807) is 13.1 Å². The minimum Gasteiger partial charge on any atom is -0.475 e. The largest absolute Gasteiger partial charge is 0.475 e. The van der Waals surface area contributed by atoms with Crippen molar-refractivity contribution in [3.05, 3.63) is 16.1 Å². The highest BCUT2D eigenvalue weighted by Crippen LogP contribution is 2.30. The molecule has 20 heavy (non-hydrogen) atoms. The van der Waals surface area contributed by atoms with Crippen molar-refractivity contribution in [1.29, 1.82) is 0 Å². The average Bonchev–Trinajstić information content (AvgIpc) is 2.35. The summed E-state index contributed by atoms with van der Waals surface area (Å²) in [7, 11) is 1.76. The van der Waals surface area contributed by atoms with E-state index in [1.807, 2.05) is 0 Å². The molecule has 0 fully saturated rings. The first-order valence-electron chi connectivity index (χ1n) is 6.79. The minimum absolute atomic E-state index is 0.410. The number of nitrogens with one attached hydrogen (secondary N) is 1. The van der Waals surface area contributed by atoms with Gasteiger partial charge >= 0.3 is 0 Å². The van der Waals surface area contributed by atoms with Crippen LogP contribution < -0.4 is 10.1 Å². The molecule has 0 unspecified atom stereocenters. The third-order valence-corrected chi connectivity index (χ3v) is 3.61. The number of halogens is 2. The Labute approximate surface area is 131 Å². The van der Waals surface area contributed by atoms with Gasteiger partial charge in [-0.15, -0.1) is 0 Å². The molecule has 0 atom stereocenters. The van der Waals surface area contributed by atoms with Crippen molar-refractivity contribution in [2.24, 2.45) is 0 Å². The maximum atomic E-state index is 6.09. The molecule has 1 heterocycles. The molecule has 1 aromatic rings. The van der Waals surface area contributed by atoms with Gasteiger partial charge in [0, 0.05) is 25.7 Å². The van der Waals surface area contributed by atoms with Crippen LogP contribution in [-0.4, -0.2) is 42.2 Å². The van der Waals surface area contributed by atoms with Crippen molar-refractivity contribution in [3.63, 3.8) is 0 Å². The van der Waals surface area contributed by atoms with Crippen LogP contribution in [0.4, 0.5) is 5.82 Å². The van der Waals surface area contributed by atoms with Crippen LogP contribution in [0.1, 0.15) is 27.7 Å². The zero-order valence-electron chi connectivity index (χ0n) is 12.7. The summed E-state index contributed by atoms with van der Waals surface area (Å²) < 4.78 is 5.68. The second-order valence-electron chi connectivity index (χ2n) is 5.13. The Kier molecular flexibility index (Phi) is 6.86. The van der Waals surface area contributed by atoms with Crippen molar-refractivity contribution in [3.8, 4) is 5.88 Å². The summed E-state index contributed by atoms with van der Waals surface area (Å²) in [6.07, 6.45) is 0. The van der Waals surface area contributed by atoms with E-state index in [0.29, 0.717) is 40.4 Å². The van der Waals surface area contributed by atoms with Gasteiger partial charge in [-0.1, -0.05) is 23.2 Å². The maximum absolute atomic E-state index is 6.09. The highest BCUT2D eigenvalue weighted by Gasteiger charge is 2.14. The summed E-state index contributed by atoms with van der Waals surface area (Å²) in [5, 5.41) is 3.81. The van der Waals surface area contributed by atoms with Gasteiger partial charge in [-0.2, -0.15) is 4.98 Å². The van der Waals surface area contributed by atoms with Crippen molar-refractivity contribution in [2.75, 3.05) is 25.5 Å². The summed E-state index contributed by atoms with van der Waals surface area (Å²) in [6.45, 7) is 10.1. The number of anilines is 1. The number of aromatic nitrogens is 1. The molecule has 0 amide bonds. The third kappa shape index (κ3) is 4.69. The predicted octanol–water partition coefficient (Wildman–Crippen LogP) is 3.93. The molecular formula is C14H23Cl2N3O. The fourth-order valence-electron chi connectivity index (χ4n) is 2.09. The van der Waals surface area contributed by atoms with Crippen LogP contribution in [-0.2, 0) is 0 Å². The Morgan fingerprint density at radius 2 is 1.80 bits per heavy atom. The van der Waals surface area contributed by atoms with Gasteiger partial charge in [-0.3, -0.25) is 4.90 Å². The van der Waals surface area contributed by atoms with Gasteiger partial charge in [0.05, 0.1) is 5.02 Å². The molecule has 0 aliphatic carbocycles. The zero-order valence-corrected chi connectivity index (χ0v) is 14.2. The smallest absolute Gasteiger partial charge is 0.234 e. The molecule has 0 bridgehead atoms. The van der Waals surface area contributed by atoms with E-state index in [2.05, 4.69) is 42.9 Å². The lowest BCUT2D eigenvalue weighted by Gasteiger charge is -2.30. The number of rotatable bonds is 7. The molecular weight excluding hydrogens is 297 g/mol. The fraction of sp³-hybridized carbons (Fsp3) is 0.643. The number of hydrogen-bond donors (Lipinski definition) is 1. The Bertz CT molecular complexity index is 431. The van der Waals surface area contributed by atoms with Crippen LogP contribution >= 0.6 is 23.2 Å². The second kappa shape index (κ2) is 7.91. The Morgan fingerprint density at radius 3 is 2.30 bits per heavy atom. The average molecular weight is 320 g/mol. The van der Waals surface area contributed by atoms with E-state index in [-0.39, 0.29) is 0 Å². The normalized spacial score (nSPS) is 11.5. The first kappa shape index (κ1) is 17.3. The molecule has 0 aliphatic heterocycles. The molecule has 1 N–H and O–H groups in total. The van der Waals surface area contributed by atoms with E-state index in [1.165, 1.54) is 0 Å². The third-order valence-electron chi connectivity index (χ3n) is 3.05. The number of pyridine rings is 1. The highest BCUT2D eigenvalue weighted by molar-refractivity contribution is 6.36. The van der Waals surface area contributed by atoms with Gasteiger partial charge in [0.15, 0.2) is 0 Å². The topological polar surface area (TPSA) is 37.4 Å². The van der Waals surface area contributed by atoms with Crippen LogP contribution in [0.5, 0.6) is 5.88 Å². The van der Waals surface area contributed by atoms with E-state index >= 15 is 0 Å². The van der Waals surface area contributed by atoms with E-state index in [0.717, 1.165) is 6.54 Å². The van der Waals surface area contributed by atoms with Gasteiger partial charge in [0.25, 0.3) is 0 Å². The molecule has 114 valence electrons. The molecule has 0 aromatic carbocycles.